The van der Waals surface area contributed by atoms with E-state index in [1.165, 1.54) is 7.05 Å². The second kappa shape index (κ2) is 8.16. The number of hydrogen-bond acceptors (Lipinski definition) is 5. The molecule has 2 aromatic heterocycles. The molecule has 1 aliphatic heterocycles. The highest BCUT2D eigenvalue weighted by Gasteiger charge is 2.41. The molecule has 182 valence electrons. The van der Waals surface area contributed by atoms with E-state index < -0.39 is 11.6 Å². The van der Waals surface area contributed by atoms with E-state index >= 15 is 0 Å². The highest BCUT2D eigenvalue weighted by molar-refractivity contribution is 5.96. The third-order valence-electron chi connectivity index (χ3n) is 6.84. The van der Waals surface area contributed by atoms with Crippen molar-refractivity contribution in [3.05, 3.63) is 80.6 Å². The fourth-order valence-electron chi connectivity index (χ4n) is 5.14. The zero-order valence-corrected chi connectivity index (χ0v) is 20.8. The Morgan fingerprint density at radius 3 is 2.34 bits per heavy atom. The number of aryl methyl sites for hydroxylation is 1. The van der Waals surface area contributed by atoms with E-state index in [4.69, 9.17) is 14.2 Å². The van der Waals surface area contributed by atoms with Gasteiger partial charge in [0.2, 0.25) is 0 Å². The molecule has 0 unspecified atom stereocenters. The van der Waals surface area contributed by atoms with Gasteiger partial charge in [-0.15, -0.1) is 0 Å². The standard InChI is InChI=1S/C27H29N3O5/c1-27(2)15-35-24(18-13-12-17(33-5)14-19(18)34-6)23-22-20(25(31)29(4)26(32)28(22)3)21(30(23)27)16-10-8-7-9-11-16/h7-14,24H,15H2,1-6H3/t24-/m1/s1. The molecule has 3 heterocycles. The molecule has 0 spiro atoms. The third-order valence-corrected chi connectivity index (χ3v) is 6.84. The van der Waals surface area contributed by atoms with Gasteiger partial charge in [-0.05, 0) is 31.5 Å². The second-order valence-electron chi connectivity index (χ2n) is 9.48. The van der Waals surface area contributed by atoms with Crippen LogP contribution in [0.4, 0.5) is 0 Å². The minimum absolute atomic E-state index is 0.333. The van der Waals surface area contributed by atoms with Crippen molar-refractivity contribution in [2.45, 2.75) is 25.5 Å². The lowest BCUT2D eigenvalue weighted by Gasteiger charge is -2.39. The largest absolute Gasteiger partial charge is 0.497 e. The van der Waals surface area contributed by atoms with E-state index in [1.807, 2.05) is 48.5 Å². The van der Waals surface area contributed by atoms with Crippen LogP contribution in [0.2, 0.25) is 0 Å². The number of ether oxygens (including phenoxy) is 3. The van der Waals surface area contributed by atoms with Crippen molar-refractivity contribution >= 4 is 10.9 Å². The van der Waals surface area contributed by atoms with E-state index in [9.17, 15) is 9.59 Å². The van der Waals surface area contributed by atoms with Crippen LogP contribution in [0.3, 0.4) is 0 Å². The van der Waals surface area contributed by atoms with Crippen LogP contribution in [0.5, 0.6) is 11.5 Å². The summed E-state index contributed by atoms with van der Waals surface area (Å²) in [4.78, 5) is 26.7. The second-order valence-corrected chi connectivity index (χ2v) is 9.48. The van der Waals surface area contributed by atoms with Crippen LogP contribution in [0.1, 0.15) is 31.2 Å². The number of benzene rings is 2. The van der Waals surface area contributed by atoms with Crippen molar-refractivity contribution in [3.8, 4) is 22.8 Å². The van der Waals surface area contributed by atoms with Crippen molar-refractivity contribution < 1.29 is 14.2 Å². The summed E-state index contributed by atoms with van der Waals surface area (Å²) in [5.41, 5.74) is 2.56. The molecule has 0 bridgehead atoms. The van der Waals surface area contributed by atoms with Crippen molar-refractivity contribution in [1.82, 2.24) is 13.7 Å². The van der Waals surface area contributed by atoms with Crippen LogP contribution in [0.25, 0.3) is 22.2 Å². The summed E-state index contributed by atoms with van der Waals surface area (Å²) in [6, 6.07) is 15.4. The van der Waals surface area contributed by atoms with Crippen molar-refractivity contribution in [2.75, 3.05) is 20.8 Å². The van der Waals surface area contributed by atoms with Crippen LogP contribution in [-0.2, 0) is 24.4 Å². The third kappa shape index (κ3) is 3.31. The Balaban J connectivity index is 1.98. The van der Waals surface area contributed by atoms with Gasteiger partial charge in [-0.25, -0.2) is 4.79 Å². The van der Waals surface area contributed by atoms with Gasteiger partial charge in [0.15, 0.2) is 0 Å². The Kier molecular flexibility index (Phi) is 5.36. The van der Waals surface area contributed by atoms with Crippen LogP contribution < -0.4 is 20.7 Å². The van der Waals surface area contributed by atoms with Crippen LogP contribution >= 0.6 is 0 Å². The zero-order chi connectivity index (χ0) is 25.1. The van der Waals surface area contributed by atoms with Crippen LogP contribution in [-0.4, -0.2) is 34.5 Å². The van der Waals surface area contributed by atoms with Crippen LogP contribution in [0.15, 0.2) is 58.1 Å². The van der Waals surface area contributed by atoms with E-state index in [0.717, 1.165) is 27.1 Å². The maximum Gasteiger partial charge on any atom is 0.331 e. The SMILES string of the molecule is COc1ccc([C@H]2OCC(C)(C)n3c(-c4ccccc4)c4c(=O)n(C)c(=O)n(C)c4c32)c(OC)c1. The minimum Gasteiger partial charge on any atom is -0.497 e. The molecule has 1 atom stereocenters. The monoisotopic (exact) mass is 475 g/mol. The number of nitrogens with zero attached hydrogens (tertiary/aromatic N) is 3. The lowest BCUT2D eigenvalue weighted by atomic mass is 9.97. The Morgan fingerprint density at radius 1 is 0.971 bits per heavy atom. The summed E-state index contributed by atoms with van der Waals surface area (Å²) < 4.78 is 22.4. The molecule has 0 amide bonds. The number of methoxy groups -OCH3 is 2. The number of aromatic nitrogens is 3. The van der Waals surface area contributed by atoms with Gasteiger partial charge in [-0.2, -0.15) is 0 Å². The molecule has 8 heteroatoms. The summed E-state index contributed by atoms with van der Waals surface area (Å²) in [6.45, 7) is 4.55. The summed E-state index contributed by atoms with van der Waals surface area (Å²) in [7, 11) is 6.41. The van der Waals surface area contributed by atoms with E-state index in [-0.39, 0.29) is 11.2 Å². The number of fused-ring (bicyclic) bond motifs is 3. The van der Waals surface area contributed by atoms with Crippen LogP contribution in [0, 0.1) is 0 Å². The lowest BCUT2D eigenvalue weighted by molar-refractivity contribution is -0.00801. The van der Waals surface area contributed by atoms with Gasteiger partial charge in [0.1, 0.15) is 17.6 Å². The molecule has 4 aromatic rings. The smallest absolute Gasteiger partial charge is 0.331 e. The number of hydrogen-bond donors (Lipinski definition) is 0. The first kappa shape index (κ1) is 23.0. The molecule has 2 aromatic carbocycles. The first-order valence-electron chi connectivity index (χ1n) is 11.4. The quantitative estimate of drug-likeness (QED) is 0.451. The predicted octanol–water partition coefficient (Wildman–Crippen LogP) is 3.58. The highest BCUT2D eigenvalue weighted by atomic mass is 16.5. The average Bonchev–Trinajstić information content (AvgIpc) is 3.24. The van der Waals surface area contributed by atoms with E-state index in [0.29, 0.717) is 29.0 Å². The van der Waals surface area contributed by atoms with Gasteiger partial charge in [0.05, 0.1) is 48.7 Å². The molecular weight excluding hydrogens is 446 g/mol. The molecule has 0 fully saturated rings. The lowest BCUT2D eigenvalue weighted by Crippen LogP contribution is -2.40. The molecule has 8 nitrogen and oxygen atoms in total. The Morgan fingerprint density at radius 2 is 1.69 bits per heavy atom. The molecule has 0 saturated carbocycles. The van der Waals surface area contributed by atoms with E-state index in [1.54, 1.807) is 25.8 Å². The van der Waals surface area contributed by atoms with Crippen molar-refractivity contribution in [2.24, 2.45) is 14.1 Å². The average molecular weight is 476 g/mol. The Hall–Kier alpha value is -3.78. The Labute approximate surface area is 202 Å². The minimum atomic E-state index is -0.568. The molecule has 35 heavy (non-hydrogen) atoms. The zero-order valence-electron chi connectivity index (χ0n) is 20.8. The maximum atomic E-state index is 13.6. The van der Waals surface area contributed by atoms with Gasteiger partial charge in [0, 0.05) is 25.7 Å². The maximum absolute atomic E-state index is 13.6. The van der Waals surface area contributed by atoms with Gasteiger partial charge in [0.25, 0.3) is 5.56 Å². The number of rotatable bonds is 4. The molecule has 0 radical (unpaired) electrons. The first-order valence-corrected chi connectivity index (χ1v) is 11.4. The fraction of sp³-hybridized carbons (Fsp3) is 0.333. The molecule has 0 saturated heterocycles. The fourth-order valence-corrected chi connectivity index (χ4v) is 5.14. The van der Waals surface area contributed by atoms with Gasteiger partial charge < -0.3 is 18.8 Å². The summed E-state index contributed by atoms with van der Waals surface area (Å²) in [6.07, 6.45) is -0.568. The normalized spacial score (nSPS) is 16.8. The van der Waals surface area contributed by atoms with Crippen molar-refractivity contribution in [1.29, 1.82) is 0 Å². The summed E-state index contributed by atoms with van der Waals surface area (Å²) >= 11 is 0. The van der Waals surface area contributed by atoms with Crippen molar-refractivity contribution in [3.63, 3.8) is 0 Å². The molecule has 0 N–H and O–H groups in total. The molecular formula is C27H29N3O5. The van der Waals surface area contributed by atoms with Gasteiger partial charge in [-0.1, -0.05) is 30.3 Å². The molecule has 1 aliphatic rings. The van der Waals surface area contributed by atoms with Gasteiger partial charge >= 0.3 is 5.69 Å². The highest BCUT2D eigenvalue weighted by Crippen LogP contribution is 2.47. The van der Waals surface area contributed by atoms with E-state index in [2.05, 4.69) is 18.4 Å². The first-order chi connectivity index (χ1) is 16.7. The molecule has 5 rings (SSSR count). The summed E-state index contributed by atoms with van der Waals surface area (Å²) in [5, 5.41) is 0.492. The molecule has 0 aliphatic carbocycles. The predicted molar refractivity (Wildman–Crippen MR) is 135 cm³/mol. The van der Waals surface area contributed by atoms with Gasteiger partial charge in [-0.3, -0.25) is 13.9 Å². The topological polar surface area (TPSA) is 76.6 Å². The Bertz CT molecular complexity index is 1560. The summed E-state index contributed by atoms with van der Waals surface area (Å²) in [5.74, 6) is 1.26.